The van der Waals surface area contributed by atoms with E-state index in [2.05, 4.69) is 103 Å². The van der Waals surface area contributed by atoms with E-state index >= 15 is 0 Å². The zero-order chi connectivity index (χ0) is 40.5. The molecule has 2 aliphatic heterocycles. The van der Waals surface area contributed by atoms with Gasteiger partial charge in [-0.05, 0) is 111 Å². The Balaban J connectivity index is 1.91. The summed E-state index contributed by atoms with van der Waals surface area (Å²) in [6, 6.07) is 6.17. The molecule has 0 aliphatic carbocycles. The average Bonchev–Trinajstić information content (AvgIpc) is 3.86. The van der Waals surface area contributed by atoms with E-state index in [4.69, 9.17) is 9.97 Å². The molecule has 8 bridgehead atoms. The molecule has 0 radical (unpaired) electrons. The number of aryl methyl sites for hydroxylation is 3. The van der Waals surface area contributed by atoms with Crippen molar-refractivity contribution in [2.24, 2.45) is 0 Å². The summed E-state index contributed by atoms with van der Waals surface area (Å²) in [5.74, 6) is 1.13. The third kappa shape index (κ3) is 9.59. The quantitative estimate of drug-likeness (QED) is 0.0520. The molecule has 0 aromatic carbocycles. The van der Waals surface area contributed by atoms with Crippen molar-refractivity contribution in [2.45, 2.75) is 91.4 Å². The van der Waals surface area contributed by atoms with E-state index in [9.17, 15) is 14.4 Å². The molecule has 5 rings (SSSR count). The summed E-state index contributed by atoms with van der Waals surface area (Å²) < 4.78 is 0. The molecule has 0 saturated heterocycles. The van der Waals surface area contributed by atoms with Gasteiger partial charge in [0.2, 0.25) is 11.8 Å². The SMILES string of the molecule is C=CC1=C(C)c2cc3nc(c(CC(=O)NCCCS)c4[nH]c(cc5[nH]c(cc1n2)c(C)c5CC)c(C)c4C(=O)NCCCS)[C@@H](CCC(=O)NCCCS)[C@@H]3C. The maximum atomic E-state index is 14.3. The lowest BCUT2D eigenvalue weighted by Gasteiger charge is -2.18. The average molecular weight is 816 g/mol. The number of thiol groups is 3. The monoisotopic (exact) mass is 815 g/mol. The standard InChI is InChI=1S/C43H57N7O3S3/c1-7-28-24(3)32-21-34-26(5)30(12-13-38(51)44-14-9-17-54)41(49-34)31(20-39(52)45-15-10-18-55)42-40(43(53)46-16-11-19-56)27(6)35(50-42)23-37-29(8-2)25(4)33(48-37)22-36(28)47-32/h7,21-23,26,30,48,50,54-56H,1,8-20H2,2-6H3,(H,44,51)(H,45,52)(H,46,53)/t26-,30-/m0/s1. The van der Waals surface area contributed by atoms with Crippen molar-refractivity contribution in [2.75, 3.05) is 36.9 Å². The van der Waals surface area contributed by atoms with Crippen LogP contribution in [-0.4, -0.2) is 74.6 Å². The Kier molecular flexibility index (Phi) is 15.4. The summed E-state index contributed by atoms with van der Waals surface area (Å²) in [4.78, 5) is 59.0. The van der Waals surface area contributed by atoms with Gasteiger partial charge < -0.3 is 25.9 Å². The molecule has 0 unspecified atom stereocenters. The van der Waals surface area contributed by atoms with Crippen LogP contribution in [0.15, 0.2) is 30.9 Å². The molecule has 0 saturated carbocycles. The first-order chi connectivity index (χ1) is 27.0. The fourth-order valence-electron chi connectivity index (χ4n) is 7.70. The van der Waals surface area contributed by atoms with Gasteiger partial charge in [0, 0.05) is 71.3 Å². The first-order valence-corrected chi connectivity index (χ1v) is 21.6. The van der Waals surface area contributed by atoms with Crippen LogP contribution in [0.5, 0.6) is 0 Å². The summed E-state index contributed by atoms with van der Waals surface area (Å²) in [5, 5.41) is 9.17. The Bertz CT molecular complexity index is 2170. The van der Waals surface area contributed by atoms with Gasteiger partial charge in [0.15, 0.2) is 0 Å². The van der Waals surface area contributed by atoms with Gasteiger partial charge in [0.05, 0.1) is 34.6 Å². The van der Waals surface area contributed by atoms with Crippen molar-refractivity contribution >= 4 is 88.8 Å². The number of aromatic nitrogens is 4. The number of amides is 3. The molecule has 0 fully saturated rings. The predicted octanol–water partition coefficient (Wildman–Crippen LogP) is 7.74. The normalized spacial score (nSPS) is 15.2. The van der Waals surface area contributed by atoms with Gasteiger partial charge in [-0.1, -0.05) is 26.5 Å². The van der Waals surface area contributed by atoms with Crippen LogP contribution in [0.3, 0.4) is 0 Å². The van der Waals surface area contributed by atoms with Gasteiger partial charge in [0.25, 0.3) is 5.91 Å². The molecule has 56 heavy (non-hydrogen) atoms. The number of carbonyl (C=O) groups is 3. The van der Waals surface area contributed by atoms with Crippen molar-refractivity contribution < 1.29 is 14.4 Å². The fourth-order valence-corrected chi connectivity index (χ4v) is 8.17. The van der Waals surface area contributed by atoms with E-state index in [-0.39, 0.29) is 42.4 Å². The molecule has 300 valence electrons. The minimum atomic E-state index is -0.239. The van der Waals surface area contributed by atoms with E-state index in [1.165, 1.54) is 0 Å². The number of rotatable bonds is 17. The minimum Gasteiger partial charge on any atom is -0.356 e. The smallest absolute Gasteiger partial charge is 0.253 e. The van der Waals surface area contributed by atoms with Gasteiger partial charge in [-0.15, -0.1) is 0 Å². The molecule has 3 aromatic rings. The zero-order valence-corrected chi connectivity index (χ0v) is 36.0. The van der Waals surface area contributed by atoms with E-state index in [1.54, 1.807) is 0 Å². The molecular weight excluding hydrogens is 759 g/mol. The molecule has 13 heteroatoms. The summed E-state index contributed by atoms with van der Waals surface area (Å²) >= 11 is 13.0. The van der Waals surface area contributed by atoms with Crippen molar-refractivity contribution in [3.8, 4) is 0 Å². The van der Waals surface area contributed by atoms with Crippen LogP contribution in [0, 0.1) is 13.8 Å². The first-order valence-electron chi connectivity index (χ1n) is 19.7. The number of H-pyrrole nitrogens is 2. The number of allylic oxidation sites excluding steroid dienone is 3. The van der Waals surface area contributed by atoms with Crippen LogP contribution in [0.1, 0.15) is 120 Å². The lowest BCUT2D eigenvalue weighted by molar-refractivity contribution is -0.121. The Morgan fingerprint density at radius 3 is 2.09 bits per heavy atom. The highest BCUT2D eigenvalue weighted by Crippen LogP contribution is 2.43. The van der Waals surface area contributed by atoms with Gasteiger partial charge in [0.1, 0.15) is 0 Å². The fraction of sp³-hybridized carbons (Fsp3) is 0.465. The molecular formula is C43H57N7O3S3. The largest absolute Gasteiger partial charge is 0.356 e. The highest BCUT2D eigenvalue weighted by atomic mass is 32.1. The maximum absolute atomic E-state index is 14.3. The minimum absolute atomic E-state index is 0.0221. The van der Waals surface area contributed by atoms with Crippen LogP contribution in [0.2, 0.25) is 0 Å². The van der Waals surface area contributed by atoms with Crippen LogP contribution in [0.4, 0.5) is 0 Å². The first kappa shape index (κ1) is 43.2. The second-order valence-electron chi connectivity index (χ2n) is 14.6. The third-order valence-corrected chi connectivity index (χ3v) is 11.9. The molecule has 5 heterocycles. The molecule has 10 nitrogen and oxygen atoms in total. The van der Waals surface area contributed by atoms with E-state index < -0.39 is 0 Å². The Morgan fingerprint density at radius 2 is 1.45 bits per heavy atom. The van der Waals surface area contributed by atoms with Crippen molar-refractivity contribution in [1.29, 1.82) is 0 Å². The summed E-state index contributed by atoms with van der Waals surface area (Å²) in [6.07, 6.45) is 5.58. The molecule has 3 aromatic heterocycles. The summed E-state index contributed by atoms with van der Waals surface area (Å²) in [5.41, 5.74) is 12.3. The molecule has 2 aliphatic rings. The summed E-state index contributed by atoms with van der Waals surface area (Å²) in [6.45, 7) is 16.0. The number of aromatic amines is 2. The van der Waals surface area contributed by atoms with E-state index in [0.717, 1.165) is 80.7 Å². The number of hydrogen-bond acceptors (Lipinski definition) is 8. The van der Waals surface area contributed by atoms with Crippen molar-refractivity contribution in [1.82, 2.24) is 35.9 Å². The highest BCUT2D eigenvalue weighted by Gasteiger charge is 2.34. The van der Waals surface area contributed by atoms with Crippen molar-refractivity contribution in [3.63, 3.8) is 0 Å². The maximum Gasteiger partial charge on any atom is 0.253 e. The number of nitrogens with one attached hydrogen (secondary N) is 5. The van der Waals surface area contributed by atoms with Crippen molar-refractivity contribution in [3.05, 3.63) is 81.4 Å². The Labute approximate surface area is 347 Å². The second-order valence-corrected chi connectivity index (χ2v) is 15.9. The summed E-state index contributed by atoms with van der Waals surface area (Å²) in [7, 11) is 0. The molecule has 5 N–H and O–H groups in total. The second kappa shape index (κ2) is 20.0. The number of nitrogens with zero attached hydrogens (tertiary/aromatic N) is 2. The molecule has 3 amide bonds. The van der Waals surface area contributed by atoms with Gasteiger partial charge in [-0.25, -0.2) is 4.98 Å². The van der Waals surface area contributed by atoms with Gasteiger partial charge in [-0.3, -0.25) is 19.4 Å². The van der Waals surface area contributed by atoms with Crippen LogP contribution in [-0.2, 0) is 22.4 Å². The van der Waals surface area contributed by atoms with Crippen LogP contribution >= 0.6 is 37.9 Å². The molecule has 2 atom stereocenters. The number of fused-ring (bicyclic) bond motifs is 8. The molecule has 0 spiro atoms. The van der Waals surface area contributed by atoms with E-state index in [1.807, 2.05) is 26.0 Å². The van der Waals surface area contributed by atoms with Gasteiger partial charge in [-0.2, -0.15) is 37.9 Å². The van der Waals surface area contributed by atoms with Crippen LogP contribution in [0.25, 0.3) is 33.2 Å². The topological polar surface area (TPSA) is 145 Å². The van der Waals surface area contributed by atoms with E-state index in [0.29, 0.717) is 72.1 Å². The number of hydrogen-bond donors (Lipinski definition) is 8. The Morgan fingerprint density at radius 1 is 0.804 bits per heavy atom. The third-order valence-electron chi connectivity index (χ3n) is 10.9. The lowest BCUT2D eigenvalue weighted by Crippen LogP contribution is -2.28. The predicted molar refractivity (Wildman–Crippen MR) is 240 cm³/mol. The van der Waals surface area contributed by atoms with Crippen LogP contribution < -0.4 is 16.0 Å². The Hall–Kier alpha value is -3.94. The van der Waals surface area contributed by atoms with Gasteiger partial charge >= 0.3 is 0 Å². The lowest BCUT2D eigenvalue weighted by atomic mass is 9.84. The highest BCUT2D eigenvalue weighted by molar-refractivity contribution is 7.80. The zero-order valence-electron chi connectivity index (χ0n) is 33.3. The number of carbonyl (C=O) groups excluding carboxylic acids is 3.